The smallest absolute Gasteiger partial charge is 0.453 e. The van der Waals surface area contributed by atoms with Gasteiger partial charge in [-0.15, -0.1) is 0 Å². The van der Waals surface area contributed by atoms with Gasteiger partial charge < -0.3 is 26.5 Å². The third-order valence-corrected chi connectivity index (χ3v) is 0.537. The molecule has 0 bridgehead atoms. The highest BCUT2D eigenvalue weighted by Gasteiger charge is 1.94. The predicted octanol–water partition coefficient (Wildman–Crippen LogP) is 0.422. The van der Waals surface area contributed by atoms with E-state index in [9.17, 15) is 0 Å². The summed E-state index contributed by atoms with van der Waals surface area (Å²) in [4.78, 5) is 0.285. The van der Waals surface area contributed by atoms with Crippen LogP contribution in [0.15, 0.2) is 0 Å². The quantitative estimate of drug-likeness (QED) is 0.246. The van der Waals surface area contributed by atoms with Gasteiger partial charge in [-0.3, -0.25) is 0 Å². The SMILES string of the molecule is COC(O)=[N+]([NH-])[N-]C=N. The van der Waals surface area contributed by atoms with Crippen molar-refractivity contribution in [1.82, 2.24) is 0 Å². The van der Waals surface area contributed by atoms with Gasteiger partial charge in [0.2, 0.25) is 0 Å². The van der Waals surface area contributed by atoms with Crippen LogP contribution in [0.5, 0.6) is 0 Å². The second kappa shape index (κ2) is 3.53. The lowest BCUT2D eigenvalue weighted by molar-refractivity contribution is -0.416. The molecule has 0 saturated heterocycles. The molecule has 0 aromatic rings. The highest BCUT2D eigenvalue weighted by Crippen LogP contribution is 1.84. The van der Waals surface area contributed by atoms with Crippen molar-refractivity contribution in [2.75, 3.05) is 7.11 Å². The van der Waals surface area contributed by atoms with Crippen molar-refractivity contribution in [3.05, 3.63) is 11.3 Å². The van der Waals surface area contributed by atoms with Crippen LogP contribution >= 0.6 is 0 Å². The lowest BCUT2D eigenvalue weighted by Gasteiger charge is -2.11. The van der Waals surface area contributed by atoms with Crippen molar-refractivity contribution in [3.63, 3.8) is 0 Å². The fraction of sp³-hybridized carbons (Fsp3) is 0.333. The van der Waals surface area contributed by atoms with E-state index in [1.165, 1.54) is 7.11 Å². The number of aliphatic hydroxyl groups excluding tert-OH is 1. The average molecular weight is 131 g/mol. The van der Waals surface area contributed by atoms with Gasteiger partial charge in [0.15, 0.2) is 0 Å². The summed E-state index contributed by atoms with van der Waals surface area (Å²) in [7, 11) is 1.19. The van der Waals surface area contributed by atoms with Crippen LogP contribution in [0.3, 0.4) is 0 Å². The molecule has 0 aromatic carbocycles. The molecule has 0 heterocycles. The van der Waals surface area contributed by atoms with E-state index in [0.29, 0.717) is 6.34 Å². The number of aliphatic hydroxyl groups is 1. The van der Waals surface area contributed by atoms with Gasteiger partial charge in [0, 0.05) is 0 Å². The summed E-state index contributed by atoms with van der Waals surface area (Å²) < 4.78 is 4.18. The first-order valence-corrected chi connectivity index (χ1v) is 2.03. The zero-order valence-corrected chi connectivity index (χ0v) is 4.83. The van der Waals surface area contributed by atoms with Crippen molar-refractivity contribution in [1.29, 1.82) is 5.41 Å². The van der Waals surface area contributed by atoms with E-state index < -0.39 is 6.08 Å². The molecular weight excluding hydrogens is 124 g/mol. The van der Waals surface area contributed by atoms with Gasteiger partial charge in [0.1, 0.15) is 0 Å². The molecule has 0 aliphatic rings. The topological polar surface area (TPSA) is 94.2 Å². The van der Waals surface area contributed by atoms with Gasteiger partial charge in [0.25, 0.3) is 0 Å². The Bertz CT molecular complexity index is 132. The summed E-state index contributed by atoms with van der Waals surface area (Å²) in [6.07, 6.45) is -0.0547. The minimum atomic E-state index is -0.668. The van der Waals surface area contributed by atoms with Crippen molar-refractivity contribution >= 4 is 12.4 Å². The Hall–Kier alpha value is -1.46. The number of methoxy groups -OCH3 is 1. The van der Waals surface area contributed by atoms with Crippen molar-refractivity contribution in [2.24, 2.45) is 0 Å². The van der Waals surface area contributed by atoms with Crippen LogP contribution in [0.4, 0.5) is 0 Å². The van der Waals surface area contributed by atoms with Crippen LogP contribution in [0, 0.1) is 5.41 Å². The highest BCUT2D eigenvalue weighted by molar-refractivity contribution is 5.66. The van der Waals surface area contributed by atoms with Crippen molar-refractivity contribution in [3.8, 4) is 0 Å². The minimum absolute atomic E-state index is 0.285. The Morgan fingerprint density at radius 2 is 2.56 bits per heavy atom. The number of nitrogens with zero attached hydrogens (tertiary/aromatic N) is 2. The van der Waals surface area contributed by atoms with Gasteiger partial charge in [-0.25, -0.2) is 4.79 Å². The molecule has 6 nitrogen and oxygen atoms in total. The molecular formula is C3H7N4O2-. The maximum atomic E-state index is 8.49. The van der Waals surface area contributed by atoms with Gasteiger partial charge in [0.05, 0.1) is 7.11 Å². The molecule has 0 atom stereocenters. The van der Waals surface area contributed by atoms with Gasteiger partial charge in [-0.05, 0) is 6.34 Å². The number of rotatable bonds is 2. The summed E-state index contributed by atoms with van der Waals surface area (Å²) >= 11 is 0. The molecule has 3 N–H and O–H groups in total. The zero-order chi connectivity index (χ0) is 7.28. The minimum Gasteiger partial charge on any atom is -0.453 e. The molecule has 52 valence electrons. The maximum Gasteiger partial charge on any atom is 0.537 e. The molecule has 0 aromatic heterocycles. The maximum absolute atomic E-state index is 8.49. The summed E-state index contributed by atoms with van der Waals surface area (Å²) in [6.45, 7) is 0. The molecule has 9 heavy (non-hydrogen) atoms. The first kappa shape index (κ1) is 7.54. The summed E-state index contributed by atoms with van der Waals surface area (Å²) in [5.74, 6) is 6.68. The number of hydrogen-bond donors (Lipinski definition) is 2. The normalized spacial score (nSPS) is 11.7. The highest BCUT2D eigenvalue weighted by atomic mass is 16.6. The molecule has 0 aliphatic carbocycles. The Labute approximate surface area is 52.0 Å². The number of nitrogens with one attached hydrogen (secondary N) is 2. The van der Waals surface area contributed by atoms with E-state index in [-0.39, 0.29) is 4.79 Å². The fourth-order valence-corrected chi connectivity index (χ4v) is 0.194. The van der Waals surface area contributed by atoms with E-state index in [2.05, 4.69) is 10.2 Å². The molecule has 6 heteroatoms. The van der Waals surface area contributed by atoms with E-state index in [0.717, 1.165) is 0 Å². The third-order valence-electron chi connectivity index (χ3n) is 0.537. The molecule has 0 amide bonds. The van der Waals surface area contributed by atoms with Crippen LogP contribution in [-0.4, -0.2) is 29.4 Å². The van der Waals surface area contributed by atoms with Crippen molar-refractivity contribution < 1.29 is 14.6 Å². The van der Waals surface area contributed by atoms with E-state index in [1.54, 1.807) is 0 Å². The largest absolute Gasteiger partial charge is 0.537 e. The first-order chi connectivity index (χ1) is 4.22. The average Bonchev–Trinajstić information content (AvgIpc) is 1.87. The van der Waals surface area contributed by atoms with Crippen LogP contribution in [0.2, 0.25) is 0 Å². The van der Waals surface area contributed by atoms with E-state index in [4.69, 9.17) is 16.4 Å². The zero-order valence-electron chi connectivity index (χ0n) is 4.83. The number of hydrogen-bond acceptors (Lipinski definition) is 2. The lowest BCUT2D eigenvalue weighted by Crippen LogP contribution is -2.11. The Balaban J connectivity index is 3.92. The Morgan fingerprint density at radius 1 is 2.00 bits per heavy atom. The van der Waals surface area contributed by atoms with Crippen molar-refractivity contribution in [2.45, 2.75) is 0 Å². The second-order valence-corrected chi connectivity index (χ2v) is 1.04. The number of ether oxygens (including phenoxy) is 1. The van der Waals surface area contributed by atoms with Crippen LogP contribution in [0.1, 0.15) is 0 Å². The second-order valence-electron chi connectivity index (χ2n) is 1.04. The molecule has 0 radical (unpaired) electrons. The van der Waals surface area contributed by atoms with E-state index in [1.807, 2.05) is 0 Å². The molecule has 0 saturated carbocycles. The van der Waals surface area contributed by atoms with Gasteiger partial charge >= 0.3 is 6.08 Å². The van der Waals surface area contributed by atoms with Crippen LogP contribution in [-0.2, 0) is 4.74 Å². The third kappa shape index (κ3) is 2.37. The van der Waals surface area contributed by atoms with Gasteiger partial charge in [-0.1, -0.05) is 0 Å². The molecule has 0 spiro atoms. The molecule has 0 rings (SSSR count). The lowest BCUT2D eigenvalue weighted by atomic mass is 11.2. The molecule has 0 aliphatic heterocycles. The first-order valence-electron chi connectivity index (χ1n) is 2.03. The molecule has 0 fully saturated rings. The fourth-order valence-electron chi connectivity index (χ4n) is 0.194. The monoisotopic (exact) mass is 131 g/mol. The van der Waals surface area contributed by atoms with Crippen LogP contribution < -0.4 is 0 Å². The summed E-state index contributed by atoms with van der Waals surface area (Å²) in [5, 5.41) is 14.9. The summed E-state index contributed by atoms with van der Waals surface area (Å²) in [6, 6.07) is 0. The molecule has 0 unspecified atom stereocenters. The summed E-state index contributed by atoms with van der Waals surface area (Å²) in [5.41, 5.74) is 3.02. The Kier molecular flexibility index (Phi) is 2.96. The standard InChI is InChI=1S/C3H7N4O2/c1-9-3(8)7(5)6-2-4/h2H,1H3,(H3-,4,5,6,8)/q-1. The van der Waals surface area contributed by atoms with E-state index >= 15 is 0 Å². The van der Waals surface area contributed by atoms with Gasteiger partial charge in [-0.2, -0.15) is 0 Å². The van der Waals surface area contributed by atoms with Crippen LogP contribution in [0.25, 0.3) is 11.3 Å². The predicted molar refractivity (Wildman–Crippen MR) is 31.4 cm³/mol. The Morgan fingerprint density at radius 3 is 2.89 bits per heavy atom.